The molecule has 4 heterocycles. The number of fused-ring (bicyclic) bond motifs is 4. The number of ether oxygens (including phenoxy) is 3. The third-order valence-corrected chi connectivity index (χ3v) is 24.7. The van der Waals surface area contributed by atoms with Gasteiger partial charge in [0.15, 0.2) is 17.2 Å². The monoisotopic (exact) mass is 1710 g/mol. The van der Waals surface area contributed by atoms with Crippen LogP contribution in [0.1, 0.15) is 156 Å². The first-order valence-corrected chi connectivity index (χ1v) is 44.5. The molecule has 8 rings (SSSR count). The van der Waals surface area contributed by atoms with Crippen LogP contribution in [-0.4, -0.2) is 235 Å². The number of amides is 1. The van der Waals surface area contributed by atoms with Gasteiger partial charge in [0.05, 0.1) is 87.8 Å². The molecule has 34 heteroatoms. The predicted octanol–water partition coefficient (Wildman–Crippen LogP) is 2.22. The first-order valence-electron chi connectivity index (χ1n) is 38.1. The zero-order valence-electron chi connectivity index (χ0n) is 67.8. The largest absolute Gasteiger partial charge is 1.00 e. The van der Waals surface area contributed by atoms with E-state index in [9.17, 15) is 91.8 Å². The maximum Gasteiger partial charge on any atom is 1.00 e. The van der Waals surface area contributed by atoms with Gasteiger partial charge in [-0.2, -0.15) is 26.0 Å². The molecule has 4 aromatic carbocycles. The van der Waals surface area contributed by atoms with Gasteiger partial charge >= 0.3 is 65.1 Å². The minimum Gasteiger partial charge on any atom is -0.748 e. The summed E-state index contributed by atoms with van der Waals surface area (Å²) in [6.07, 6.45) is 17.3. The molecule has 4 aliphatic heterocycles. The summed E-state index contributed by atoms with van der Waals surface area (Å²) in [5.41, 5.74) is 8.60. The molecule has 28 nitrogen and oxygen atoms in total. The van der Waals surface area contributed by atoms with Crippen LogP contribution in [0.2, 0.25) is 0 Å². The van der Waals surface area contributed by atoms with Crippen molar-refractivity contribution in [2.45, 2.75) is 159 Å². The van der Waals surface area contributed by atoms with Gasteiger partial charge in [0.2, 0.25) is 11.4 Å². The van der Waals surface area contributed by atoms with Crippen molar-refractivity contribution < 1.29 is 174 Å². The summed E-state index contributed by atoms with van der Waals surface area (Å²) in [7, 11) is -17.2. The number of hydrogen-bond acceptors (Lipinski definition) is 22. The third-order valence-electron chi connectivity index (χ3n) is 21.5. The number of benzene rings is 4. The number of anilines is 2. The Balaban J connectivity index is 0.0000105. The Kier molecular flexibility index (Phi) is 36.8. The number of aliphatic hydroxyl groups excluding tert-OH is 4. The summed E-state index contributed by atoms with van der Waals surface area (Å²) in [5, 5.41) is 55.4. The van der Waals surface area contributed by atoms with Gasteiger partial charge in [0.1, 0.15) is 31.9 Å². The molecule has 0 bridgehead atoms. The first kappa shape index (κ1) is 99.0. The molecular weight excluding hydrogens is 1600 g/mol. The smallest absolute Gasteiger partial charge is 0.748 e. The van der Waals surface area contributed by atoms with Gasteiger partial charge in [-0.25, -0.2) is 21.6 Å². The Morgan fingerprint density at radius 1 is 0.500 bits per heavy atom. The molecule has 8 N–H and O–H groups in total. The second kappa shape index (κ2) is 43.1. The summed E-state index contributed by atoms with van der Waals surface area (Å²) >= 11 is 0. The number of unbranched alkanes of at least 4 members (excludes halogenated alkanes) is 4. The number of carbonyl (C=O) groups excluding carboxylic acids is 2. The fraction of sp³-hybridized carbons (Fsp3) is 0.500. The van der Waals surface area contributed by atoms with E-state index >= 15 is 0 Å². The van der Waals surface area contributed by atoms with E-state index in [4.69, 9.17) is 14.2 Å². The van der Waals surface area contributed by atoms with Crippen molar-refractivity contribution in [2.75, 3.05) is 105 Å². The van der Waals surface area contributed by atoms with E-state index in [1.165, 1.54) is 0 Å². The Morgan fingerprint density at radius 2 is 0.922 bits per heavy atom. The Morgan fingerprint density at radius 3 is 1.34 bits per heavy atom. The zero-order valence-corrected chi connectivity index (χ0v) is 75.1. The second-order valence-electron chi connectivity index (χ2n) is 31.2. The SMILES string of the molecule is CC1(C)C(=CC=CC=CC2=[N+](CCCCS(=O)(=O)[O-])c3ccccc3C2(C)C)N(CCCCS(=O)(=O)O)c2ccc(C(=O)CC(CO)C(CO)OCC(COC(CO)C(CO)NC(=O)c3ccc4c(c3)C(C)(C)C(=CC=CC=CC3=[N+](CCCCS(=O)(=O)[O-])c5ccccc5C3(C)C)N4CCCCS(=O)(=O)O)OCC(=O)O)cc21.[Na+].[Na+]. The van der Waals surface area contributed by atoms with Gasteiger partial charge in [0, 0.05) is 137 Å². The predicted molar refractivity (Wildman–Crippen MR) is 433 cm³/mol. The molecule has 4 aliphatic rings. The van der Waals surface area contributed by atoms with E-state index in [2.05, 4.69) is 42.2 Å². The van der Waals surface area contributed by atoms with Crippen LogP contribution in [0.5, 0.6) is 0 Å². The van der Waals surface area contributed by atoms with Crippen LogP contribution in [0.25, 0.3) is 0 Å². The molecule has 0 aromatic heterocycles. The molecule has 5 atom stereocenters. The topological polar surface area (TPSA) is 428 Å². The number of carboxylic acids is 1. The summed E-state index contributed by atoms with van der Waals surface area (Å²) in [6.45, 7) is 13.2. The zero-order chi connectivity index (χ0) is 83.8. The molecule has 0 saturated carbocycles. The Hall–Kier alpha value is -5.77. The second-order valence-corrected chi connectivity index (χ2v) is 37.4. The van der Waals surface area contributed by atoms with Gasteiger partial charge in [0.25, 0.3) is 26.1 Å². The number of ketones is 1. The van der Waals surface area contributed by atoms with Crippen LogP contribution in [-0.2, 0) is 81.1 Å². The number of para-hydroxylation sites is 2. The minimum absolute atomic E-state index is 0. The van der Waals surface area contributed by atoms with Crippen molar-refractivity contribution in [1.29, 1.82) is 0 Å². The number of hydrogen-bond donors (Lipinski definition) is 8. The van der Waals surface area contributed by atoms with Crippen LogP contribution < -0.4 is 74.2 Å². The van der Waals surface area contributed by atoms with Gasteiger partial charge in [-0.15, -0.1) is 0 Å². The van der Waals surface area contributed by atoms with Crippen LogP contribution in [0, 0.1) is 5.92 Å². The van der Waals surface area contributed by atoms with Gasteiger partial charge in [-0.05, 0) is 126 Å². The van der Waals surface area contributed by atoms with Crippen molar-refractivity contribution in [2.24, 2.45) is 5.92 Å². The van der Waals surface area contributed by atoms with Crippen LogP contribution in [0.4, 0.5) is 22.7 Å². The quantitative estimate of drug-likeness (QED) is 0.00785. The van der Waals surface area contributed by atoms with Crippen molar-refractivity contribution in [1.82, 2.24) is 5.32 Å². The summed E-state index contributed by atoms with van der Waals surface area (Å²) in [5.74, 6) is -5.30. The summed E-state index contributed by atoms with van der Waals surface area (Å²) in [4.78, 5) is 44.6. The van der Waals surface area contributed by atoms with Gasteiger partial charge in [-0.3, -0.25) is 18.7 Å². The van der Waals surface area contributed by atoms with E-state index in [1.807, 2.05) is 147 Å². The first-order chi connectivity index (χ1) is 53.6. The van der Waals surface area contributed by atoms with Crippen molar-refractivity contribution in [3.8, 4) is 0 Å². The number of nitrogens with zero attached hydrogens (tertiary/aromatic N) is 4. The molecule has 116 heavy (non-hydrogen) atoms. The summed E-state index contributed by atoms with van der Waals surface area (Å²) in [6, 6.07) is 24.8. The number of nitrogens with one attached hydrogen (secondary N) is 1. The number of Topliss-reactive ketones (excluding diaryl/α,β-unsaturated/α-hetero) is 1. The fourth-order valence-electron chi connectivity index (χ4n) is 15.4. The van der Waals surface area contributed by atoms with Crippen LogP contribution in [0.3, 0.4) is 0 Å². The number of carbonyl (C=O) groups is 3. The molecule has 0 aliphatic carbocycles. The van der Waals surface area contributed by atoms with Crippen molar-refractivity contribution in [3.63, 3.8) is 0 Å². The molecule has 1 amide bonds. The molecule has 5 unspecified atom stereocenters. The van der Waals surface area contributed by atoms with Crippen LogP contribution >= 0.6 is 0 Å². The van der Waals surface area contributed by atoms with Crippen molar-refractivity contribution >= 4 is 92.3 Å². The summed E-state index contributed by atoms with van der Waals surface area (Å²) < 4.78 is 156. The van der Waals surface area contributed by atoms with Gasteiger partial charge < -0.3 is 64.0 Å². The van der Waals surface area contributed by atoms with E-state index < -0.39 is 179 Å². The van der Waals surface area contributed by atoms with E-state index in [0.717, 1.165) is 56.6 Å². The minimum atomic E-state index is -4.37. The molecule has 0 spiro atoms. The number of carboxylic acid groups (broad SMARTS) is 1. The molecule has 0 radical (unpaired) electrons. The number of aliphatic hydroxyl groups is 4. The molecule has 0 fully saturated rings. The van der Waals surface area contributed by atoms with Gasteiger partial charge in [-0.1, -0.05) is 101 Å². The average Bonchev–Trinajstić information content (AvgIpc) is 1.61. The van der Waals surface area contributed by atoms with E-state index in [1.54, 1.807) is 36.4 Å². The third kappa shape index (κ3) is 26.4. The van der Waals surface area contributed by atoms with Crippen molar-refractivity contribution in [3.05, 3.63) is 190 Å². The normalized spacial score (nSPS) is 18.2. The number of aliphatic carboxylic acids is 1. The molecule has 4 aromatic rings. The Labute approximate surface area is 726 Å². The maximum atomic E-state index is 14.4. The number of allylic oxidation sites excluding steroid dienone is 12. The average molecular weight is 1710 g/mol. The fourth-order valence-corrected chi connectivity index (χ4v) is 17.7. The maximum absolute atomic E-state index is 14.4. The standard InChI is InChI=1S/C82H109N5O23S4.2Na/c1-79(2)61-27-15-17-29-66(61)84(39-19-23-43-111(96,97)98)73(79)31-11-9-13-33-75-81(5,6)63-47-57(35-37-68(63)86(75)41-21-25-45-113(102,103)104)70(92)49-59(50-88)71(52-90)109-54-60(108-56-77(93)94)55-110-72(53-91)65(51-89)83-78(95)58-36-38-69-64(48-58)82(7,8)76(87(69)42-22-26-46-114(105,106)107)34-14-10-12-32-74-80(3,4)62-28-16-18-30-67(62)85(74)40-20-24-44-112(99,100)101;;/h9-18,27-38,47-48,59-60,65,71-72,88-91H,19-26,39-46,49-56H2,1-8H3,(H4-2,83,93,94,95,96,97,98,99,100,101,102,103,104,105,106,107);;/q;2*+1. The molecule has 0 saturated heterocycles. The number of rotatable bonds is 46. The van der Waals surface area contributed by atoms with E-state index in [0.29, 0.717) is 63.1 Å². The molecular formula is C82H109N5Na2O23S4+2. The van der Waals surface area contributed by atoms with Crippen LogP contribution in [0.15, 0.2) is 157 Å². The Bertz CT molecular complexity index is 4590. The van der Waals surface area contributed by atoms with E-state index in [-0.39, 0.29) is 102 Å². The molecule has 624 valence electrons.